The van der Waals surface area contributed by atoms with Gasteiger partial charge in [0.1, 0.15) is 17.1 Å². The zero-order chi connectivity index (χ0) is 14.9. The van der Waals surface area contributed by atoms with Crippen molar-refractivity contribution in [3.05, 3.63) is 11.6 Å². The van der Waals surface area contributed by atoms with E-state index in [9.17, 15) is 4.79 Å². The van der Waals surface area contributed by atoms with Crippen LogP contribution in [0.25, 0.3) is 0 Å². The van der Waals surface area contributed by atoms with Gasteiger partial charge in [-0.2, -0.15) is 10.4 Å². The Labute approximate surface area is 119 Å². The fourth-order valence-electron chi connectivity index (χ4n) is 2.66. The van der Waals surface area contributed by atoms with Crippen LogP contribution in [0, 0.1) is 30.6 Å². The second kappa shape index (κ2) is 5.23. The molecule has 0 bridgehead atoms. The molecule has 1 aromatic rings. The van der Waals surface area contributed by atoms with Crippen molar-refractivity contribution in [3.8, 4) is 6.07 Å². The highest BCUT2D eigenvalue weighted by Gasteiger charge is 2.35. The van der Waals surface area contributed by atoms with E-state index >= 15 is 0 Å². The Balaban J connectivity index is 2.16. The minimum Gasteiger partial charge on any atom is -0.339 e. The Morgan fingerprint density at radius 2 is 2.15 bits per heavy atom. The van der Waals surface area contributed by atoms with E-state index in [-0.39, 0.29) is 11.9 Å². The van der Waals surface area contributed by atoms with E-state index in [2.05, 4.69) is 16.2 Å². The van der Waals surface area contributed by atoms with E-state index in [1.165, 1.54) is 0 Å². The first-order valence-electron chi connectivity index (χ1n) is 6.95. The van der Waals surface area contributed by atoms with Gasteiger partial charge < -0.3 is 4.90 Å². The summed E-state index contributed by atoms with van der Waals surface area (Å²) in [5.74, 6) is 1.53. The molecule has 0 unspecified atom stereocenters. The van der Waals surface area contributed by atoms with Gasteiger partial charge in [0, 0.05) is 13.1 Å². The number of rotatable bonds is 2. The normalized spacial score (nSPS) is 19.8. The molecule has 20 heavy (non-hydrogen) atoms. The van der Waals surface area contributed by atoms with Crippen molar-refractivity contribution < 1.29 is 4.79 Å². The van der Waals surface area contributed by atoms with Gasteiger partial charge in [0.25, 0.3) is 0 Å². The summed E-state index contributed by atoms with van der Waals surface area (Å²) in [6.07, 6.45) is 1.91. The topological polar surface area (TPSA) is 74.8 Å². The van der Waals surface area contributed by atoms with Gasteiger partial charge in [-0.3, -0.25) is 4.79 Å². The lowest BCUT2D eigenvalue weighted by Gasteiger charge is -2.35. The third-order valence-corrected chi connectivity index (χ3v) is 3.75. The molecule has 0 aromatic carbocycles. The van der Waals surface area contributed by atoms with Crippen LogP contribution in [0.5, 0.6) is 0 Å². The van der Waals surface area contributed by atoms with Crippen LogP contribution in [0.4, 0.5) is 0 Å². The standard InChI is InChI=1S/C14H21N5O/c1-10-16-11(2)19(17-10)12-6-5-7-18(8-12)13(20)14(3,4)9-15/h12H,5-8H2,1-4H3/t12-/m1/s1. The maximum Gasteiger partial charge on any atom is 0.242 e. The highest BCUT2D eigenvalue weighted by molar-refractivity contribution is 5.84. The van der Waals surface area contributed by atoms with Crippen molar-refractivity contribution in [3.63, 3.8) is 0 Å². The molecular weight excluding hydrogens is 254 g/mol. The average molecular weight is 275 g/mol. The summed E-state index contributed by atoms with van der Waals surface area (Å²) < 4.78 is 1.91. The van der Waals surface area contributed by atoms with Crippen LogP contribution < -0.4 is 0 Å². The maximum atomic E-state index is 12.4. The zero-order valence-corrected chi connectivity index (χ0v) is 12.6. The van der Waals surface area contributed by atoms with Crippen molar-refractivity contribution in [2.24, 2.45) is 5.41 Å². The van der Waals surface area contributed by atoms with Crippen molar-refractivity contribution in [2.45, 2.75) is 46.6 Å². The molecule has 1 atom stereocenters. The van der Waals surface area contributed by atoms with Gasteiger partial charge in [-0.1, -0.05) is 0 Å². The van der Waals surface area contributed by atoms with E-state index in [0.29, 0.717) is 13.1 Å². The summed E-state index contributed by atoms with van der Waals surface area (Å²) in [6.45, 7) is 8.46. The molecule has 2 rings (SSSR count). The van der Waals surface area contributed by atoms with Gasteiger partial charge in [-0.05, 0) is 40.5 Å². The fourth-order valence-corrected chi connectivity index (χ4v) is 2.66. The van der Waals surface area contributed by atoms with Gasteiger partial charge in [-0.25, -0.2) is 9.67 Å². The summed E-state index contributed by atoms with van der Waals surface area (Å²) in [5.41, 5.74) is -0.963. The minimum absolute atomic E-state index is 0.0980. The SMILES string of the molecule is Cc1nc(C)n([C@@H]2CCCN(C(=O)C(C)(C)C#N)C2)n1. The van der Waals surface area contributed by atoms with Gasteiger partial charge in [0.15, 0.2) is 0 Å². The van der Waals surface area contributed by atoms with Crippen LogP contribution in [0.1, 0.15) is 44.4 Å². The predicted molar refractivity (Wildman–Crippen MR) is 73.7 cm³/mol. The van der Waals surface area contributed by atoms with Crippen molar-refractivity contribution >= 4 is 5.91 Å². The summed E-state index contributed by atoms with van der Waals surface area (Å²) in [6, 6.07) is 2.24. The Hall–Kier alpha value is -1.90. The van der Waals surface area contributed by atoms with E-state index in [1.54, 1.807) is 18.7 Å². The van der Waals surface area contributed by atoms with E-state index < -0.39 is 5.41 Å². The van der Waals surface area contributed by atoms with Gasteiger partial charge in [0.2, 0.25) is 5.91 Å². The summed E-state index contributed by atoms with van der Waals surface area (Å²) >= 11 is 0. The van der Waals surface area contributed by atoms with Crippen LogP contribution in [0.2, 0.25) is 0 Å². The molecule has 6 nitrogen and oxygen atoms in total. The zero-order valence-electron chi connectivity index (χ0n) is 12.6. The number of carbonyl (C=O) groups is 1. The first-order chi connectivity index (χ1) is 9.35. The first kappa shape index (κ1) is 14.5. The monoisotopic (exact) mass is 275 g/mol. The Morgan fingerprint density at radius 3 is 2.70 bits per heavy atom. The number of carbonyl (C=O) groups excluding carboxylic acids is 1. The first-order valence-corrected chi connectivity index (χ1v) is 6.95. The van der Waals surface area contributed by atoms with Crippen LogP contribution in [-0.4, -0.2) is 38.7 Å². The lowest BCUT2D eigenvalue weighted by molar-refractivity contribution is -0.139. The molecule has 0 spiro atoms. The predicted octanol–water partition coefficient (Wildman–Crippen LogP) is 1.61. The number of likely N-dealkylation sites (tertiary alicyclic amines) is 1. The summed E-state index contributed by atoms with van der Waals surface area (Å²) in [4.78, 5) is 18.5. The van der Waals surface area contributed by atoms with Gasteiger partial charge in [-0.15, -0.1) is 0 Å². The number of aryl methyl sites for hydroxylation is 2. The minimum atomic E-state index is -0.963. The van der Waals surface area contributed by atoms with E-state index in [1.807, 2.05) is 18.5 Å². The molecule has 0 aliphatic carbocycles. The number of nitriles is 1. The highest BCUT2D eigenvalue weighted by Crippen LogP contribution is 2.26. The number of hydrogen-bond acceptors (Lipinski definition) is 4. The van der Waals surface area contributed by atoms with Crippen molar-refractivity contribution in [2.75, 3.05) is 13.1 Å². The third-order valence-electron chi connectivity index (χ3n) is 3.75. The number of amides is 1. The second-order valence-electron chi connectivity index (χ2n) is 5.93. The largest absolute Gasteiger partial charge is 0.339 e. The van der Waals surface area contributed by atoms with Gasteiger partial charge >= 0.3 is 0 Å². The van der Waals surface area contributed by atoms with Crippen molar-refractivity contribution in [1.29, 1.82) is 5.26 Å². The van der Waals surface area contributed by atoms with Gasteiger partial charge in [0.05, 0.1) is 12.1 Å². The lowest BCUT2D eigenvalue weighted by Crippen LogP contribution is -2.46. The van der Waals surface area contributed by atoms with E-state index in [4.69, 9.17) is 5.26 Å². The second-order valence-corrected chi connectivity index (χ2v) is 5.93. The molecule has 1 aliphatic rings. The molecule has 1 aliphatic heterocycles. The van der Waals surface area contributed by atoms with Crippen LogP contribution in [0.15, 0.2) is 0 Å². The van der Waals surface area contributed by atoms with Crippen molar-refractivity contribution in [1.82, 2.24) is 19.7 Å². The lowest BCUT2D eigenvalue weighted by atomic mass is 9.92. The Morgan fingerprint density at radius 1 is 1.45 bits per heavy atom. The fraction of sp³-hybridized carbons (Fsp3) is 0.714. The number of hydrogen-bond donors (Lipinski definition) is 0. The number of aromatic nitrogens is 3. The van der Waals surface area contributed by atoms with Crippen LogP contribution in [0.3, 0.4) is 0 Å². The molecule has 1 amide bonds. The molecular formula is C14H21N5O. The summed E-state index contributed by atoms with van der Waals surface area (Å²) in [7, 11) is 0. The molecule has 108 valence electrons. The quantitative estimate of drug-likeness (QED) is 0.821. The number of nitrogens with zero attached hydrogens (tertiary/aromatic N) is 5. The maximum absolute atomic E-state index is 12.4. The van der Waals surface area contributed by atoms with Crippen LogP contribution >= 0.6 is 0 Å². The third kappa shape index (κ3) is 2.67. The molecule has 1 saturated heterocycles. The molecule has 1 fully saturated rings. The molecule has 1 aromatic heterocycles. The smallest absolute Gasteiger partial charge is 0.242 e. The Bertz CT molecular complexity index is 554. The number of piperidine rings is 1. The molecule has 0 radical (unpaired) electrons. The van der Waals surface area contributed by atoms with Crippen LogP contribution in [-0.2, 0) is 4.79 Å². The molecule has 0 N–H and O–H groups in total. The van der Waals surface area contributed by atoms with E-state index in [0.717, 1.165) is 24.5 Å². The molecule has 0 saturated carbocycles. The average Bonchev–Trinajstić information content (AvgIpc) is 2.77. The molecule has 2 heterocycles. The Kier molecular flexibility index (Phi) is 3.80. The highest BCUT2D eigenvalue weighted by atomic mass is 16.2. The summed E-state index contributed by atoms with van der Waals surface area (Å²) in [5, 5.41) is 13.5. The molecule has 6 heteroatoms.